The topological polar surface area (TPSA) is 19.7 Å². The van der Waals surface area contributed by atoms with Gasteiger partial charge in [0, 0.05) is 60.2 Å². The molecule has 0 aliphatic heterocycles. The van der Waals surface area contributed by atoms with Gasteiger partial charge in [0.25, 0.3) is 0 Å². The highest BCUT2D eigenvalue weighted by Gasteiger charge is 2.23. The summed E-state index contributed by atoms with van der Waals surface area (Å²) < 4.78 is 9.82. The van der Waals surface area contributed by atoms with Crippen LogP contribution in [0.4, 0.5) is 0 Å². The van der Waals surface area contributed by atoms with Crippen molar-refractivity contribution in [3.63, 3.8) is 0 Å². The molecule has 13 rings (SSSR count). The normalized spacial score (nSPS) is 12.1. The van der Waals surface area contributed by atoms with E-state index in [0.29, 0.717) is 0 Å². The molecule has 0 bridgehead atoms. The number of benzene rings is 9. The zero-order chi connectivity index (χ0) is 37.9. The SMILES string of the molecule is c1ccc2c(c1)c1ccccc1n2-c1ccc(-n2c3ccccc3c3cc(-n4c5ccccc5c5ccccc54)cc(-n4c5ccccc5c5ccccc54)c32)cc1. The number of hydrogen-bond acceptors (Lipinski definition) is 0. The van der Waals surface area contributed by atoms with Crippen molar-refractivity contribution in [2.75, 3.05) is 0 Å². The summed E-state index contributed by atoms with van der Waals surface area (Å²) in [4.78, 5) is 0. The molecule has 0 spiro atoms. The van der Waals surface area contributed by atoms with Crippen LogP contribution in [-0.2, 0) is 0 Å². The van der Waals surface area contributed by atoms with E-state index in [0.717, 1.165) is 22.7 Å². The second-order valence-corrected chi connectivity index (χ2v) is 15.3. The minimum absolute atomic E-state index is 1.11. The fraction of sp³-hybridized carbons (Fsp3) is 0. The third-order valence-corrected chi connectivity index (χ3v) is 12.3. The molecule has 0 fully saturated rings. The van der Waals surface area contributed by atoms with Crippen LogP contribution < -0.4 is 0 Å². The van der Waals surface area contributed by atoms with Gasteiger partial charge in [-0.2, -0.15) is 0 Å². The molecule has 0 saturated heterocycles. The van der Waals surface area contributed by atoms with E-state index in [-0.39, 0.29) is 0 Å². The van der Waals surface area contributed by atoms with Gasteiger partial charge in [0.15, 0.2) is 0 Å². The van der Waals surface area contributed by atoms with Crippen LogP contribution >= 0.6 is 0 Å². The Labute approximate surface area is 333 Å². The van der Waals surface area contributed by atoms with Crippen LogP contribution in [0.25, 0.3) is 110 Å². The van der Waals surface area contributed by atoms with E-state index in [1.54, 1.807) is 0 Å². The second-order valence-electron chi connectivity index (χ2n) is 15.3. The zero-order valence-electron chi connectivity index (χ0n) is 31.4. The summed E-state index contributed by atoms with van der Waals surface area (Å²) in [6, 6.07) is 75.6. The van der Waals surface area contributed by atoms with Crippen LogP contribution in [0, 0.1) is 0 Å². The van der Waals surface area contributed by atoms with E-state index in [1.165, 1.54) is 87.2 Å². The molecule has 13 aromatic rings. The molecule has 0 saturated carbocycles. The first-order valence-corrected chi connectivity index (χ1v) is 20.0. The molecule has 0 atom stereocenters. The fourth-order valence-electron chi connectivity index (χ4n) is 9.96. The summed E-state index contributed by atoms with van der Waals surface area (Å²) >= 11 is 0. The highest BCUT2D eigenvalue weighted by atomic mass is 15.1. The first-order chi connectivity index (χ1) is 28.8. The van der Waals surface area contributed by atoms with Gasteiger partial charge < -0.3 is 18.3 Å². The van der Waals surface area contributed by atoms with Gasteiger partial charge in [-0.1, -0.05) is 127 Å². The van der Waals surface area contributed by atoms with Gasteiger partial charge in [0.2, 0.25) is 0 Å². The molecule has 0 radical (unpaired) electrons. The summed E-state index contributed by atoms with van der Waals surface area (Å²) in [5.41, 5.74) is 14.0. The maximum atomic E-state index is 2.49. The predicted octanol–water partition coefficient (Wildman–Crippen LogP) is 14.1. The van der Waals surface area contributed by atoms with Gasteiger partial charge in [0.05, 0.1) is 49.8 Å². The van der Waals surface area contributed by atoms with Crippen molar-refractivity contribution in [2.24, 2.45) is 0 Å². The van der Waals surface area contributed by atoms with Crippen molar-refractivity contribution < 1.29 is 0 Å². The molecule has 9 aromatic carbocycles. The Kier molecular flexibility index (Phi) is 6.41. The van der Waals surface area contributed by atoms with Gasteiger partial charge in [-0.25, -0.2) is 0 Å². The van der Waals surface area contributed by atoms with Crippen LogP contribution in [0.1, 0.15) is 0 Å². The fourth-order valence-corrected chi connectivity index (χ4v) is 9.96. The number of aromatic nitrogens is 4. The lowest BCUT2D eigenvalue weighted by Crippen LogP contribution is -2.03. The summed E-state index contributed by atoms with van der Waals surface area (Å²) in [5.74, 6) is 0. The smallest absolute Gasteiger partial charge is 0.0784 e. The van der Waals surface area contributed by atoms with E-state index >= 15 is 0 Å². The van der Waals surface area contributed by atoms with E-state index in [9.17, 15) is 0 Å². The number of rotatable bonds is 4. The van der Waals surface area contributed by atoms with Crippen LogP contribution in [0.3, 0.4) is 0 Å². The molecule has 4 aromatic heterocycles. The van der Waals surface area contributed by atoms with E-state index < -0.39 is 0 Å². The molecule has 0 aliphatic carbocycles. The molecule has 4 nitrogen and oxygen atoms in total. The molecule has 58 heavy (non-hydrogen) atoms. The first kappa shape index (κ1) is 31.4. The molecule has 270 valence electrons. The van der Waals surface area contributed by atoms with Gasteiger partial charge in [-0.05, 0) is 78.9 Å². The molecular formula is C54H34N4. The molecular weight excluding hydrogens is 705 g/mol. The largest absolute Gasteiger partial charge is 0.309 e. The Morgan fingerprint density at radius 3 is 0.862 bits per heavy atom. The molecule has 0 N–H and O–H groups in total. The molecule has 0 aliphatic rings. The average Bonchev–Trinajstić information content (AvgIpc) is 4.02. The Balaban J connectivity index is 1.15. The van der Waals surface area contributed by atoms with Crippen LogP contribution in [-0.4, -0.2) is 18.3 Å². The minimum Gasteiger partial charge on any atom is -0.309 e. The maximum absolute atomic E-state index is 2.49. The quantitative estimate of drug-likeness (QED) is 0.171. The minimum atomic E-state index is 1.11. The third-order valence-electron chi connectivity index (χ3n) is 12.3. The van der Waals surface area contributed by atoms with Gasteiger partial charge in [-0.15, -0.1) is 0 Å². The van der Waals surface area contributed by atoms with Gasteiger partial charge >= 0.3 is 0 Å². The lowest BCUT2D eigenvalue weighted by atomic mass is 10.1. The monoisotopic (exact) mass is 738 g/mol. The van der Waals surface area contributed by atoms with Crippen molar-refractivity contribution in [3.05, 3.63) is 206 Å². The molecule has 0 unspecified atom stereocenters. The summed E-state index contributed by atoms with van der Waals surface area (Å²) in [5, 5.41) is 9.94. The van der Waals surface area contributed by atoms with Crippen molar-refractivity contribution in [1.29, 1.82) is 0 Å². The Morgan fingerprint density at radius 1 is 0.207 bits per heavy atom. The van der Waals surface area contributed by atoms with E-state index in [4.69, 9.17) is 0 Å². The van der Waals surface area contributed by atoms with E-state index in [1.807, 2.05) is 0 Å². The Bertz CT molecular complexity index is 3630. The lowest BCUT2D eigenvalue weighted by Gasteiger charge is -2.17. The van der Waals surface area contributed by atoms with Gasteiger partial charge in [0.1, 0.15) is 0 Å². The molecule has 0 amide bonds. The maximum Gasteiger partial charge on any atom is 0.0784 e. The summed E-state index contributed by atoms with van der Waals surface area (Å²) in [6.07, 6.45) is 0. The highest BCUT2D eigenvalue weighted by Crippen LogP contribution is 2.43. The first-order valence-electron chi connectivity index (χ1n) is 20.0. The van der Waals surface area contributed by atoms with Crippen LogP contribution in [0.2, 0.25) is 0 Å². The number of nitrogens with zero attached hydrogens (tertiary/aromatic N) is 4. The number of para-hydroxylation sites is 7. The van der Waals surface area contributed by atoms with Crippen molar-refractivity contribution in [1.82, 2.24) is 18.3 Å². The summed E-state index contributed by atoms with van der Waals surface area (Å²) in [6.45, 7) is 0. The average molecular weight is 739 g/mol. The number of fused-ring (bicyclic) bond motifs is 12. The Morgan fingerprint density at radius 2 is 0.483 bits per heavy atom. The van der Waals surface area contributed by atoms with Crippen molar-refractivity contribution in [3.8, 4) is 22.7 Å². The second kappa shape index (κ2) is 11.8. The predicted molar refractivity (Wildman–Crippen MR) is 244 cm³/mol. The van der Waals surface area contributed by atoms with Crippen molar-refractivity contribution in [2.45, 2.75) is 0 Å². The van der Waals surface area contributed by atoms with Gasteiger partial charge in [-0.3, -0.25) is 0 Å². The van der Waals surface area contributed by atoms with Crippen LogP contribution in [0.5, 0.6) is 0 Å². The standard InChI is InChI=1S/C54H34N4/c1-8-22-46-38(15-1)39-16-2-9-23-47(39)55(46)35-29-31-36(32-30-35)57-50-26-12-7-21-44(50)45-33-37(56-48-24-10-3-17-40(48)41-18-4-11-25-49(41)56)34-53(54(45)57)58-51-27-13-5-19-42(51)43-20-6-14-28-52(43)58/h1-34H. The third kappa shape index (κ3) is 4.23. The number of hydrogen-bond donors (Lipinski definition) is 0. The zero-order valence-corrected chi connectivity index (χ0v) is 31.4. The summed E-state index contributed by atoms with van der Waals surface area (Å²) in [7, 11) is 0. The molecule has 4 heteroatoms. The van der Waals surface area contributed by atoms with E-state index in [2.05, 4.69) is 225 Å². The van der Waals surface area contributed by atoms with Crippen LogP contribution in [0.15, 0.2) is 206 Å². The highest BCUT2D eigenvalue weighted by molar-refractivity contribution is 6.17. The van der Waals surface area contributed by atoms with Crippen molar-refractivity contribution >= 4 is 87.2 Å². The lowest BCUT2D eigenvalue weighted by molar-refractivity contribution is 1.11. The molecule has 4 heterocycles. The Hall–Kier alpha value is -7.82.